The average molecular weight is 367 g/mol. The van der Waals surface area contributed by atoms with Gasteiger partial charge in [-0.05, 0) is 44.0 Å². The van der Waals surface area contributed by atoms with E-state index in [4.69, 9.17) is 4.74 Å². The monoisotopic (exact) mass is 367 g/mol. The maximum Gasteiger partial charge on any atom is 0.387 e. The van der Waals surface area contributed by atoms with Crippen LogP contribution in [0.5, 0.6) is 11.5 Å². The molecular weight excluding hydrogens is 344 g/mol. The van der Waals surface area contributed by atoms with Crippen LogP contribution in [0.2, 0.25) is 0 Å². The van der Waals surface area contributed by atoms with Gasteiger partial charge in [-0.3, -0.25) is 9.48 Å². The number of rotatable bonds is 8. The number of carbonyl (C=O) groups is 1. The van der Waals surface area contributed by atoms with E-state index < -0.39 is 6.61 Å². The summed E-state index contributed by atoms with van der Waals surface area (Å²) in [5.74, 6) is -0.182. The van der Waals surface area contributed by atoms with Crippen LogP contribution in [0, 0.1) is 19.8 Å². The number of nitrogens with one attached hydrogen (secondary N) is 1. The summed E-state index contributed by atoms with van der Waals surface area (Å²) in [4.78, 5) is 12.3. The van der Waals surface area contributed by atoms with Crippen molar-refractivity contribution in [3.63, 3.8) is 0 Å². The van der Waals surface area contributed by atoms with E-state index >= 15 is 0 Å². The predicted molar refractivity (Wildman–Crippen MR) is 92.8 cm³/mol. The average Bonchev–Trinajstić information content (AvgIpc) is 2.89. The Labute approximate surface area is 151 Å². The molecule has 0 unspecified atom stereocenters. The van der Waals surface area contributed by atoms with Gasteiger partial charge < -0.3 is 14.8 Å². The van der Waals surface area contributed by atoms with Crippen LogP contribution in [0.4, 0.5) is 8.78 Å². The molecule has 0 bridgehead atoms. The molecule has 8 heteroatoms. The normalized spacial score (nSPS) is 12.1. The zero-order valence-electron chi connectivity index (χ0n) is 15.3. The van der Waals surface area contributed by atoms with Crippen LogP contribution in [0.1, 0.15) is 28.7 Å². The standard InChI is InChI=1S/C18H23F2N3O3/c1-11(10-23-13(3)7-12(2)22-23)9-21-17(24)14-5-6-15(26-18(19)20)16(8-14)25-4/h5-8,11,18H,9-10H2,1-4H3,(H,21,24)/t11-/m1/s1. The van der Waals surface area contributed by atoms with Crippen molar-refractivity contribution < 1.29 is 23.0 Å². The minimum Gasteiger partial charge on any atom is -0.493 e. The Hall–Kier alpha value is -2.64. The summed E-state index contributed by atoms with van der Waals surface area (Å²) in [6, 6.07) is 6.08. The van der Waals surface area contributed by atoms with Gasteiger partial charge in [0.15, 0.2) is 11.5 Å². The van der Waals surface area contributed by atoms with E-state index in [-0.39, 0.29) is 23.3 Å². The number of halogens is 2. The Bertz CT molecular complexity index is 762. The van der Waals surface area contributed by atoms with Crippen molar-refractivity contribution in [1.82, 2.24) is 15.1 Å². The molecule has 1 aromatic carbocycles. The van der Waals surface area contributed by atoms with Gasteiger partial charge in [-0.25, -0.2) is 0 Å². The first-order valence-electron chi connectivity index (χ1n) is 8.22. The summed E-state index contributed by atoms with van der Waals surface area (Å²) in [5.41, 5.74) is 2.33. The van der Waals surface area contributed by atoms with Crippen LogP contribution < -0.4 is 14.8 Å². The van der Waals surface area contributed by atoms with Gasteiger partial charge in [0.25, 0.3) is 5.91 Å². The SMILES string of the molecule is COc1cc(C(=O)NC[C@@H](C)Cn2nc(C)cc2C)ccc1OC(F)F. The third-order valence-electron chi connectivity index (χ3n) is 3.84. The van der Waals surface area contributed by atoms with Crippen molar-refractivity contribution >= 4 is 5.91 Å². The highest BCUT2D eigenvalue weighted by atomic mass is 19.3. The molecule has 0 spiro atoms. The number of nitrogens with zero attached hydrogens (tertiary/aromatic N) is 2. The van der Waals surface area contributed by atoms with Gasteiger partial charge in [0.05, 0.1) is 12.8 Å². The Balaban J connectivity index is 1.95. The number of carbonyl (C=O) groups excluding carboxylic acids is 1. The van der Waals surface area contributed by atoms with Crippen LogP contribution in [0.25, 0.3) is 0 Å². The molecule has 142 valence electrons. The summed E-state index contributed by atoms with van der Waals surface area (Å²) in [7, 11) is 1.33. The molecule has 1 aromatic heterocycles. The minimum absolute atomic E-state index is 0.0774. The summed E-state index contributed by atoms with van der Waals surface area (Å²) >= 11 is 0. The molecule has 0 saturated carbocycles. The number of benzene rings is 1. The Kier molecular flexibility index (Phi) is 6.54. The molecule has 0 aliphatic rings. The van der Waals surface area contributed by atoms with Gasteiger partial charge in [-0.15, -0.1) is 0 Å². The fourth-order valence-corrected chi connectivity index (χ4v) is 2.59. The van der Waals surface area contributed by atoms with Crippen molar-refractivity contribution in [2.75, 3.05) is 13.7 Å². The lowest BCUT2D eigenvalue weighted by Crippen LogP contribution is -2.30. The Morgan fingerprint density at radius 2 is 2.00 bits per heavy atom. The van der Waals surface area contributed by atoms with E-state index in [1.807, 2.05) is 31.5 Å². The van der Waals surface area contributed by atoms with E-state index in [1.54, 1.807) is 0 Å². The second-order valence-corrected chi connectivity index (χ2v) is 6.17. The first kappa shape index (κ1) is 19.7. The second-order valence-electron chi connectivity index (χ2n) is 6.17. The molecule has 0 aliphatic carbocycles. The van der Waals surface area contributed by atoms with Gasteiger partial charge in [0.2, 0.25) is 0 Å². The summed E-state index contributed by atoms with van der Waals surface area (Å²) in [6.07, 6.45) is 0. The molecule has 1 N–H and O–H groups in total. The molecule has 0 aliphatic heterocycles. The molecule has 2 rings (SSSR count). The van der Waals surface area contributed by atoms with Crippen molar-refractivity contribution in [3.05, 3.63) is 41.2 Å². The zero-order chi connectivity index (χ0) is 19.3. The number of amides is 1. The lowest BCUT2D eigenvalue weighted by molar-refractivity contribution is -0.0512. The Morgan fingerprint density at radius 3 is 2.58 bits per heavy atom. The highest BCUT2D eigenvalue weighted by Crippen LogP contribution is 2.29. The first-order valence-corrected chi connectivity index (χ1v) is 8.22. The summed E-state index contributed by atoms with van der Waals surface area (Å²) < 4.78 is 36.0. The summed E-state index contributed by atoms with van der Waals surface area (Å²) in [6.45, 7) is 4.11. The van der Waals surface area contributed by atoms with Crippen LogP contribution in [-0.2, 0) is 6.54 Å². The number of hydrogen-bond acceptors (Lipinski definition) is 4. The maximum atomic E-state index is 12.4. The van der Waals surface area contributed by atoms with E-state index in [9.17, 15) is 13.6 Å². The van der Waals surface area contributed by atoms with Crippen LogP contribution in [0.15, 0.2) is 24.3 Å². The minimum atomic E-state index is -2.96. The largest absolute Gasteiger partial charge is 0.493 e. The maximum absolute atomic E-state index is 12.4. The Morgan fingerprint density at radius 1 is 1.27 bits per heavy atom. The van der Waals surface area contributed by atoms with E-state index in [2.05, 4.69) is 15.2 Å². The lowest BCUT2D eigenvalue weighted by Gasteiger charge is -2.15. The topological polar surface area (TPSA) is 65.4 Å². The second kappa shape index (κ2) is 8.64. The molecule has 1 amide bonds. The fraction of sp³-hybridized carbons (Fsp3) is 0.444. The van der Waals surface area contributed by atoms with Gasteiger partial charge in [-0.2, -0.15) is 13.9 Å². The predicted octanol–water partition coefficient (Wildman–Crippen LogP) is 3.18. The number of aromatic nitrogens is 2. The van der Waals surface area contributed by atoms with Crippen LogP contribution >= 0.6 is 0 Å². The fourth-order valence-electron chi connectivity index (χ4n) is 2.59. The molecule has 1 atom stereocenters. The van der Waals surface area contributed by atoms with Crippen molar-refractivity contribution in [2.45, 2.75) is 33.9 Å². The van der Waals surface area contributed by atoms with Crippen molar-refractivity contribution in [3.8, 4) is 11.5 Å². The smallest absolute Gasteiger partial charge is 0.387 e. The van der Waals surface area contributed by atoms with Crippen molar-refractivity contribution in [1.29, 1.82) is 0 Å². The molecule has 0 radical (unpaired) electrons. The quantitative estimate of drug-likeness (QED) is 0.778. The number of aryl methyl sites for hydroxylation is 2. The van der Waals surface area contributed by atoms with E-state index in [1.165, 1.54) is 25.3 Å². The van der Waals surface area contributed by atoms with Gasteiger partial charge >= 0.3 is 6.61 Å². The third-order valence-corrected chi connectivity index (χ3v) is 3.84. The lowest BCUT2D eigenvalue weighted by atomic mass is 10.1. The van der Waals surface area contributed by atoms with Gasteiger partial charge in [0.1, 0.15) is 0 Å². The molecule has 0 saturated heterocycles. The molecule has 0 fully saturated rings. The molecule has 26 heavy (non-hydrogen) atoms. The van der Waals surface area contributed by atoms with Gasteiger partial charge in [0, 0.05) is 24.3 Å². The van der Waals surface area contributed by atoms with Crippen LogP contribution in [-0.4, -0.2) is 36.0 Å². The molecule has 6 nitrogen and oxygen atoms in total. The third kappa shape index (κ3) is 5.18. The van der Waals surface area contributed by atoms with Crippen LogP contribution in [0.3, 0.4) is 0 Å². The first-order chi connectivity index (χ1) is 12.3. The number of methoxy groups -OCH3 is 1. The molecular formula is C18H23F2N3O3. The summed E-state index contributed by atoms with van der Waals surface area (Å²) in [5, 5.41) is 7.24. The number of alkyl halides is 2. The number of hydrogen-bond donors (Lipinski definition) is 1. The van der Waals surface area contributed by atoms with E-state index in [0.717, 1.165) is 11.4 Å². The highest BCUT2D eigenvalue weighted by Gasteiger charge is 2.15. The number of ether oxygens (including phenoxy) is 2. The highest BCUT2D eigenvalue weighted by molar-refractivity contribution is 5.94. The molecule has 2 aromatic rings. The van der Waals surface area contributed by atoms with Gasteiger partial charge in [-0.1, -0.05) is 6.92 Å². The zero-order valence-corrected chi connectivity index (χ0v) is 15.3. The van der Waals surface area contributed by atoms with Crippen molar-refractivity contribution in [2.24, 2.45) is 5.92 Å². The molecule has 1 heterocycles. The van der Waals surface area contributed by atoms with E-state index in [0.29, 0.717) is 18.7 Å².